The molecule has 0 radical (unpaired) electrons. The highest BCUT2D eigenvalue weighted by atomic mass is 32.1. The molecular formula is C20H21N5O3S. The molecule has 150 valence electrons. The van der Waals surface area contributed by atoms with E-state index in [4.69, 9.17) is 0 Å². The number of anilines is 1. The number of para-hydroxylation sites is 2. The van der Waals surface area contributed by atoms with Crippen LogP contribution in [0.3, 0.4) is 0 Å². The summed E-state index contributed by atoms with van der Waals surface area (Å²) in [4.78, 5) is 38.3. The van der Waals surface area contributed by atoms with E-state index in [1.54, 1.807) is 18.2 Å². The number of piperazine rings is 1. The van der Waals surface area contributed by atoms with E-state index in [0.29, 0.717) is 42.6 Å². The van der Waals surface area contributed by atoms with E-state index in [9.17, 15) is 14.9 Å². The minimum Gasteiger partial charge on any atom is -0.362 e. The van der Waals surface area contributed by atoms with Crippen molar-refractivity contribution in [3.63, 3.8) is 0 Å². The molecule has 0 N–H and O–H groups in total. The van der Waals surface area contributed by atoms with Crippen molar-refractivity contribution in [2.75, 3.05) is 31.1 Å². The summed E-state index contributed by atoms with van der Waals surface area (Å²) in [7, 11) is 0. The molecule has 2 aromatic heterocycles. The smallest absolute Gasteiger partial charge is 0.292 e. The molecule has 0 unspecified atom stereocenters. The Balaban J connectivity index is 1.55. The Morgan fingerprint density at radius 1 is 1.10 bits per heavy atom. The van der Waals surface area contributed by atoms with Crippen molar-refractivity contribution in [3.8, 4) is 0 Å². The summed E-state index contributed by atoms with van der Waals surface area (Å²) >= 11 is 1.41. The molecule has 0 aliphatic carbocycles. The van der Waals surface area contributed by atoms with Gasteiger partial charge in [0.1, 0.15) is 16.3 Å². The Morgan fingerprint density at radius 3 is 2.48 bits per heavy atom. The summed E-state index contributed by atoms with van der Waals surface area (Å²) in [5.74, 6) is 0.693. The third-order valence-electron chi connectivity index (χ3n) is 5.26. The van der Waals surface area contributed by atoms with Crippen LogP contribution in [-0.2, 0) is 0 Å². The number of thiophene rings is 1. The number of amides is 1. The Labute approximate surface area is 171 Å². The maximum absolute atomic E-state index is 13.2. The molecule has 3 aromatic rings. The van der Waals surface area contributed by atoms with Crippen LogP contribution in [0.2, 0.25) is 0 Å². The molecule has 1 aliphatic heterocycles. The van der Waals surface area contributed by atoms with Crippen LogP contribution in [0, 0.1) is 30.9 Å². The number of rotatable bonds is 3. The highest BCUT2D eigenvalue weighted by Crippen LogP contribution is 2.33. The van der Waals surface area contributed by atoms with Crippen LogP contribution in [0.25, 0.3) is 10.2 Å². The van der Waals surface area contributed by atoms with E-state index >= 15 is 0 Å². The lowest BCUT2D eigenvalue weighted by Gasteiger charge is -2.35. The van der Waals surface area contributed by atoms with Crippen molar-refractivity contribution >= 4 is 38.8 Å². The van der Waals surface area contributed by atoms with Gasteiger partial charge in [-0.2, -0.15) is 0 Å². The molecule has 3 heterocycles. The van der Waals surface area contributed by atoms with Crippen molar-refractivity contribution in [1.29, 1.82) is 0 Å². The molecule has 9 heteroatoms. The number of carbonyl (C=O) groups excluding carboxylic acids is 1. The summed E-state index contributed by atoms with van der Waals surface area (Å²) < 4.78 is 0. The zero-order valence-corrected chi connectivity index (χ0v) is 17.3. The predicted molar refractivity (Wildman–Crippen MR) is 113 cm³/mol. The summed E-state index contributed by atoms with van der Waals surface area (Å²) in [5.41, 5.74) is 2.51. The first-order chi connectivity index (χ1) is 13.9. The maximum atomic E-state index is 13.2. The molecule has 1 saturated heterocycles. The van der Waals surface area contributed by atoms with Crippen molar-refractivity contribution < 1.29 is 9.72 Å². The van der Waals surface area contributed by atoms with E-state index in [1.165, 1.54) is 17.4 Å². The number of hydrogen-bond donors (Lipinski definition) is 0. The van der Waals surface area contributed by atoms with Crippen LogP contribution < -0.4 is 4.90 Å². The van der Waals surface area contributed by atoms with Crippen molar-refractivity contribution in [2.45, 2.75) is 20.8 Å². The molecule has 0 saturated carbocycles. The van der Waals surface area contributed by atoms with Gasteiger partial charge in [0.2, 0.25) is 0 Å². The molecule has 0 bridgehead atoms. The van der Waals surface area contributed by atoms with Gasteiger partial charge in [0.05, 0.1) is 9.80 Å². The molecule has 1 aliphatic rings. The lowest BCUT2D eigenvalue weighted by atomic mass is 10.1. The Morgan fingerprint density at radius 2 is 1.79 bits per heavy atom. The highest BCUT2D eigenvalue weighted by molar-refractivity contribution is 7.20. The highest BCUT2D eigenvalue weighted by Gasteiger charge is 2.28. The number of fused-ring (bicyclic) bond motifs is 1. The summed E-state index contributed by atoms with van der Waals surface area (Å²) in [5, 5.41) is 12.3. The fourth-order valence-electron chi connectivity index (χ4n) is 3.86. The third kappa shape index (κ3) is 3.42. The molecule has 1 aromatic carbocycles. The first kappa shape index (κ1) is 19.3. The van der Waals surface area contributed by atoms with Gasteiger partial charge in [-0.25, -0.2) is 9.97 Å². The molecular weight excluding hydrogens is 390 g/mol. The molecule has 0 spiro atoms. The minimum atomic E-state index is -0.362. The Kier molecular flexibility index (Phi) is 4.91. The molecule has 4 rings (SSSR count). The molecule has 0 atom stereocenters. The lowest BCUT2D eigenvalue weighted by molar-refractivity contribution is -0.384. The van der Waals surface area contributed by atoms with E-state index in [2.05, 4.69) is 9.97 Å². The van der Waals surface area contributed by atoms with Gasteiger partial charge in [-0.3, -0.25) is 14.9 Å². The summed E-state index contributed by atoms with van der Waals surface area (Å²) in [6.07, 6.45) is 0. The number of carbonyl (C=O) groups is 1. The lowest BCUT2D eigenvalue weighted by Crippen LogP contribution is -2.48. The van der Waals surface area contributed by atoms with Crippen LogP contribution in [0.15, 0.2) is 24.3 Å². The first-order valence-electron chi connectivity index (χ1n) is 9.39. The SMILES string of the molecule is Cc1nc(C)c2c(C)c(C(=O)N3CCN(c4ccccc4[N+](=O)[O-])CC3)sc2n1. The van der Waals surface area contributed by atoms with Gasteiger partial charge in [-0.05, 0) is 32.4 Å². The zero-order chi connectivity index (χ0) is 20.7. The van der Waals surface area contributed by atoms with E-state index < -0.39 is 0 Å². The van der Waals surface area contributed by atoms with Crippen LogP contribution in [0.4, 0.5) is 11.4 Å². The average Bonchev–Trinajstić information content (AvgIpc) is 3.04. The Bertz CT molecular complexity index is 1120. The van der Waals surface area contributed by atoms with Gasteiger partial charge in [0, 0.05) is 43.3 Å². The monoisotopic (exact) mass is 411 g/mol. The first-order valence-corrected chi connectivity index (χ1v) is 10.2. The van der Waals surface area contributed by atoms with Gasteiger partial charge in [0.25, 0.3) is 11.6 Å². The largest absolute Gasteiger partial charge is 0.362 e. The van der Waals surface area contributed by atoms with E-state index in [0.717, 1.165) is 21.5 Å². The third-order valence-corrected chi connectivity index (χ3v) is 6.44. The number of aryl methyl sites for hydroxylation is 3. The van der Waals surface area contributed by atoms with Gasteiger partial charge in [-0.15, -0.1) is 11.3 Å². The molecule has 1 amide bonds. The van der Waals surface area contributed by atoms with E-state index in [-0.39, 0.29) is 16.5 Å². The number of aromatic nitrogens is 2. The van der Waals surface area contributed by atoms with Crippen molar-refractivity contribution in [1.82, 2.24) is 14.9 Å². The second-order valence-corrected chi connectivity index (χ2v) is 8.12. The predicted octanol–water partition coefficient (Wildman–Crippen LogP) is 3.49. The molecule has 1 fully saturated rings. The minimum absolute atomic E-state index is 0.00948. The standard InChI is InChI=1S/C20H21N5O3S/c1-12-17-13(2)21-14(3)22-19(17)29-18(12)20(26)24-10-8-23(9-11-24)15-6-4-5-7-16(15)25(27)28/h4-7H,8-11H2,1-3H3. The van der Waals surface area contributed by atoms with Crippen LogP contribution in [-0.4, -0.2) is 51.9 Å². The van der Waals surface area contributed by atoms with Gasteiger partial charge < -0.3 is 9.80 Å². The number of nitrogens with zero attached hydrogens (tertiary/aromatic N) is 5. The van der Waals surface area contributed by atoms with Crippen molar-refractivity contribution in [2.24, 2.45) is 0 Å². The van der Waals surface area contributed by atoms with Crippen LogP contribution in [0.5, 0.6) is 0 Å². The number of hydrogen-bond acceptors (Lipinski definition) is 7. The number of benzene rings is 1. The summed E-state index contributed by atoms with van der Waals surface area (Å²) in [6, 6.07) is 6.73. The van der Waals surface area contributed by atoms with Gasteiger partial charge in [0.15, 0.2) is 0 Å². The summed E-state index contributed by atoms with van der Waals surface area (Å²) in [6.45, 7) is 7.88. The second-order valence-electron chi connectivity index (χ2n) is 7.12. The normalized spacial score (nSPS) is 14.4. The molecule has 8 nitrogen and oxygen atoms in total. The van der Waals surface area contributed by atoms with Crippen LogP contribution >= 0.6 is 11.3 Å². The zero-order valence-electron chi connectivity index (χ0n) is 16.5. The number of nitro groups is 1. The fraction of sp³-hybridized carbons (Fsp3) is 0.350. The maximum Gasteiger partial charge on any atom is 0.292 e. The van der Waals surface area contributed by atoms with Gasteiger partial charge >= 0.3 is 0 Å². The van der Waals surface area contributed by atoms with Gasteiger partial charge in [-0.1, -0.05) is 12.1 Å². The number of nitro benzene ring substituents is 1. The quantitative estimate of drug-likeness (QED) is 0.484. The molecule has 29 heavy (non-hydrogen) atoms. The second kappa shape index (κ2) is 7.40. The Hall–Kier alpha value is -3.07. The van der Waals surface area contributed by atoms with Crippen molar-refractivity contribution in [3.05, 3.63) is 56.3 Å². The fourth-order valence-corrected chi connectivity index (χ4v) is 5.10. The topological polar surface area (TPSA) is 92.5 Å². The van der Waals surface area contributed by atoms with Crippen LogP contribution in [0.1, 0.15) is 26.8 Å². The van der Waals surface area contributed by atoms with E-state index in [1.807, 2.05) is 30.6 Å². The average molecular weight is 411 g/mol.